The summed E-state index contributed by atoms with van der Waals surface area (Å²) >= 11 is 8.19. The molecule has 0 amide bonds. The topological polar surface area (TPSA) is 21.3 Å². The minimum Gasteiger partial charge on any atom is -0.495 e. The van der Waals surface area contributed by atoms with Gasteiger partial charge in [0.25, 0.3) is 0 Å². The van der Waals surface area contributed by atoms with E-state index in [9.17, 15) is 0 Å². The molecule has 0 saturated heterocycles. The molecule has 1 aromatic heterocycles. The second-order valence-electron chi connectivity index (χ2n) is 4.89. The molecule has 0 fully saturated rings. The molecule has 3 rings (SSSR count). The number of halogens is 1. The highest BCUT2D eigenvalue weighted by molar-refractivity contribution is 7.19. The van der Waals surface area contributed by atoms with E-state index in [4.69, 9.17) is 16.3 Å². The first-order chi connectivity index (χ1) is 10.2. The molecule has 0 unspecified atom stereocenters. The zero-order valence-electron chi connectivity index (χ0n) is 11.9. The monoisotopic (exact) mass is 317 g/mol. The van der Waals surface area contributed by atoms with Gasteiger partial charge in [0.15, 0.2) is 0 Å². The van der Waals surface area contributed by atoms with Crippen molar-refractivity contribution in [2.75, 3.05) is 12.4 Å². The molecule has 2 nitrogen and oxygen atoms in total. The Balaban J connectivity index is 1.85. The molecule has 0 bridgehead atoms. The third-order valence-electron chi connectivity index (χ3n) is 3.40. The molecule has 1 N–H and O–H groups in total. The largest absolute Gasteiger partial charge is 0.495 e. The highest BCUT2D eigenvalue weighted by Crippen LogP contribution is 2.36. The first-order valence-corrected chi connectivity index (χ1v) is 7.93. The number of ether oxygens (including phenoxy) is 1. The average Bonchev–Trinajstić information content (AvgIpc) is 2.83. The molecular formula is C17H16ClNOS. The summed E-state index contributed by atoms with van der Waals surface area (Å²) in [7, 11) is 1.69. The van der Waals surface area contributed by atoms with Crippen LogP contribution in [0.15, 0.2) is 42.5 Å². The van der Waals surface area contributed by atoms with E-state index in [-0.39, 0.29) is 0 Å². The van der Waals surface area contributed by atoms with Gasteiger partial charge < -0.3 is 10.1 Å². The highest BCUT2D eigenvalue weighted by Gasteiger charge is 2.10. The van der Waals surface area contributed by atoms with Crippen LogP contribution in [0.2, 0.25) is 5.02 Å². The SMILES string of the molecule is COc1cc(C)ccc1NCc1sc2ccccc2c1Cl. The van der Waals surface area contributed by atoms with E-state index >= 15 is 0 Å². The molecule has 0 aliphatic heterocycles. The predicted octanol–water partition coefficient (Wildman–Crippen LogP) is 5.48. The van der Waals surface area contributed by atoms with Crippen LogP contribution in [0.25, 0.3) is 10.1 Å². The van der Waals surface area contributed by atoms with Gasteiger partial charge in [-0.25, -0.2) is 0 Å². The third kappa shape index (κ3) is 2.85. The smallest absolute Gasteiger partial charge is 0.142 e. The first-order valence-electron chi connectivity index (χ1n) is 6.73. The number of nitrogens with one attached hydrogen (secondary N) is 1. The van der Waals surface area contributed by atoms with E-state index in [1.807, 2.05) is 24.3 Å². The van der Waals surface area contributed by atoms with Gasteiger partial charge in [-0.3, -0.25) is 0 Å². The van der Waals surface area contributed by atoms with Crippen LogP contribution in [0.5, 0.6) is 5.75 Å². The van der Waals surface area contributed by atoms with Crippen molar-refractivity contribution in [1.29, 1.82) is 0 Å². The van der Waals surface area contributed by atoms with Crippen molar-refractivity contribution in [1.82, 2.24) is 0 Å². The van der Waals surface area contributed by atoms with Gasteiger partial charge in [0.1, 0.15) is 5.75 Å². The number of thiophene rings is 1. The lowest BCUT2D eigenvalue weighted by Gasteiger charge is -2.11. The fraction of sp³-hybridized carbons (Fsp3) is 0.176. The minimum atomic E-state index is 0.692. The van der Waals surface area contributed by atoms with E-state index in [0.717, 1.165) is 26.7 Å². The summed E-state index contributed by atoms with van der Waals surface area (Å²) in [5, 5.41) is 5.37. The maximum atomic E-state index is 6.46. The Morgan fingerprint density at radius 1 is 1.19 bits per heavy atom. The number of benzene rings is 2. The fourth-order valence-corrected chi connectivity index (χ4v) is 3.74. The maximum absolute atomic E-state index is 6.46. The molecule has 2 aromatic carbocycles. The number of hydrogen-bond donors (Lipinski definition) is 1. The van der Waals surface area contributed by atoms with Gasteiger partial charge in [0.2, 0.25) is 0 Å². The van der Waals surface area contributed by atoms with Crippen LogP contribution < -0.4 is 10.1 Å². The Morgan fingerprint density at radius 3 is 2.76 bits per heavy atom. The van der Waals surface area contributed by atoms with Gasteiger partial charge in [-0.05, 0) is 30.7 Å². The molecule has 0 saturated carbocycles. The second-order valence-corrected chi connectivity index (χ2v) is 6.41. The van der Waals surface area contributed by atoms with Gasteiger partial charge in [-0.1, -0.05) is 35.9 Å². The van der Waals surface area contributed by atoms with Crippen LogP contribution in [0.4, 0.5) is 5.69 Å². The summed E-state index contributed by atoms with van der Waals surface area (Å²) < 4.78 is 6.63. The van der Waals surface area contributed by atoms with Gasteiger partial charge >= 0.3 is 0 Å². The van der Waals surface area contributed by atoms with Crippen LogP contribution in [-0.4, -0.2) is 7.11 Å². The van der Waals surface area contributed by atoms with E-state index in [2.05, 4.69) is 30.4 Å². The van der Waals surface area contributed by atoms with Crippen LogP contribution in [0, 0.1) is 6.92 Å². The number of aryl methyl sites for hydroxylation is 1. The summed E-state index contributed by atoms with van der Waals surface area (Å²) in [6.45, 7) is 2.74. The lowest BCUT2D eigenvalue weighted by atomic mass is 10.2. The standard InChI is InChI=1S/C17H16ClNOS/c1-11-7-8-13(14(9-11)20-2)19-10-16-17(18)12-5-3-4-6-15(12)21-16/h3-9,19H,10H2,1-2H3. The van der Waals surface area contributed by atoms with Gasteiger partial charge in [0, 0.05) is 15.0 Å². The Bertz CT molecular complexity index is 782. The number of anilines is 1. The van der Waals surface area contributed by atoms with Crippen LogP contribution in [0.3, 0.4) is 0 Å². The van der Waals surface area contributed by atoms with Gasteiger partial charge in [-0.15, -0.1) is 11.3 Å². The van der Waals surface area contributed by atoms with Crippen molar-refractivity contribution < 1.29 is 4.74 Å². The molecule has 0 atom stereocenters. The number of methoxy groups -OCH3 is 1. The minimum absolute atomic E-state index is 0.692. The number of fused-ring (bicyclic) bond motifs is 1. The van der Waals surface area contributed by atoms with Crippen LogP contribution in [0.1, 0.15) is 10.4 Å². The first kappa shape index (κ1) is 14.2. The van der Waals surface area contributed by atoms with Crippen molar-refractivity contribution >= 4 is 38.7 Å². The lowest BCUT2D eigenvalue weighted by molar-refractivity contribution is 0.416. The fourth-order valence-electron chi connectivity index (χ4n) is 2.30. The lowest BCUT2D eigenvalue weighted by Crippen LogP contribution is -2.00. The Morgan fingerprint density at radius 2 is 2.00 bits per heavy atom. The van der Waals surface area contributed by atoms with Crippen LogP contribution >= 0.6 is 22.9 Å². The quantitative estimate of drug-likeness (QED) is 0.687. The molecule has 1 heterocycles. The maximum Gasteiger partial charge on any atom is 0.142 e. The molecule has 0 aliphatic rings. The van der Waals surface area contributed by atoms with Crippen molar-refractivity contribution in [3.8, 4) is 5.75 Å². The second kappa shape index (κ2) is 5.96. The molecular weight excluding hydrogens is 302 g/mol. The zero-order valence-corrected chi connectivity index (χ0v) is 13.5. The molecule has 108 valence electrons. The predicted molar refractivity (Wildman–Crippen MR) is 91.9 cm³/mol. The van der Waals surface area contributed by atoms with E-state index in [0.29, 0.717) is 6.54 Å². The zero-order chi connectivity index (χ0) is 14.8. The molecule has 0 spiro atoms. The summed E-state index contributed by atoms with van der Waals surface area (Å²) in [4.78, 5) is 1.14. The van der Waals surface area contributed by atoms with Crippen molar-refractivity contribution in [2.45, 2.75) is 13.5 Å². The van der Waals surface area contributed by atoms with Gasteiger partial charge in [0.05, 0.1) is 24.4 Å². The van der Waals surface area contributed by atoms with Crippen molar-refractivity contribution in [3.63, 3.8) is 0 Å². The average molecular weight is 318 g/mol. The normalized spacial score (nSPS) is 10.8. The molecule has 21 heavy (non-hydrogen) atoms. The number of rotatable bonds is 4. The summed E-state index contributed by atoms with van der Waals surface area (Å²) in [5.74, 6) is 0.854. The highest BCUT2D eigenvalue weighted by atomic mass is 35.5. The van der Waals surface area contributed by atoms with E-state index in [1.165, 1.54) is 10.3 Å². The summed E-state index contributed by atoms with van der Waals surface area (Å²) in [6.07, 6.45) is 0. The third-order valence-corrected chi connectivity index (χ3v) is 5.11. The van der Waals surface area contributed by atoms with E-state index in [1.54, 1.807) is 18.4 Å². The Hall–Kier alpha value is -1.71. The molecule has 3 aromatic rings. The van der Waals surface area contributed by atoms with Crippen LogP contribution in [-0.2, 0) is 6.54 Å². The van der Waals surface area contributed by atoms with Gasteiger partial charge in [-0.2, -0.15) is 0 Å². The summed E-state index contributed by atoms with van der Waals surface area (Å²) in [6, 6.07) is 14.3. The molecule has 0 aliphatic carbocycles. The van der Waals surface area contributed by atoms with Crippen molar-refractivity contribution in [2.24, 2.45) is 0 Å². The van der Waals surface area contributed by atoms with Crippen molar-refractivity contribution in [3.05, 3.63) is 57.9 Å². The molecule has 0 radical (unpaired) electrons. The summed E-state index contributed by atoms with van der Waals surface area (Å²) in [5.41, 5.74) is 2.16. The molecule has 4 heteroatoms. The number of hydrogen-bond acceptors (Lipinski definition) is 3. The Labute approximate surface area is 133 Å². The van der Waals surface area contributed by atoms with E-state index < -0.39 is 0 Å². The Kier molecular flexibility index (Phi) is 4.04.